The Hall–Kier alpha value is -0.407. The van der Waals surface area contributed by atoms with Gasteiger partial charge >= 0.3 is 19.5 Å². The summed E-state index contributed by atoms with van der Waals surface area (Å²) < 4.78 is 57.3. The van der Waals surface area contributed by atoms with E-state index in [1.807, 2.05) is 17.8 Å². The topological polar surface area (TPSA) is 77.1 Å². The summed E-state index contributed by atoms with van der Waals surface area (Å²) in [6.45, 7) is 3.18. The molecule has 0 saturated heterocycles. The van der Waals surface area contributed by atoms with Crippen LogP contribution in [0.4, 0.5) is 7.77 Å². The Morgan fingerprint density at radius 3 is 1.65 bits per heavy atom. The molecule has 0 aliphatic heterocycles. The van der Waals surface area contributed by atoms with Gasteiger partial charge in [0.25, 0.3) is 0 Å². The van der Waals surface area contributed by atoms with E-state index in [-0.39, 0.29) is 19.5 Å². The molecule has 17 heavy (non-hydrogen) atoms. The number of hydrogen-bond donors (Lipinski definition) is 0. The van der Waals surface area contributed by atoms with Crippen LogP contribution >= 0.6 is 0 Å². The van der Waals surface area contributed by atoms with Crippen molar-refractivity contribution in [3.63, 3.8) is 0 Å². The Bertz CT molecular complexity index is 397. The van der Waals surface area contributed by atoms with Gasteiger partial charge in [0.1, 0.15) is 12.4 Å². The predicted octanol–water partition coefficient (Wildman–Crippen LogP) is 0.690. The van der Waals surface area contributed by atoms with Gasteiger partial charge in [0.15, 0.2) is 0 Å². The van der Waals surface area contributed by atoms with E-state index in [9.17, 15) is 7.77 Å². The molecule has 0 unspecified atom stereocenters. The Morgan fingerprint density at radius 2 is 1.53 bits per heavy atom. The van der Waals surface area contributed by atoms with Gasteiger partial charge in [0, 0.05) is 0 Å². The maximum Gasteiger partial charge on any atom is 3.00 e. The fourth-order valence-electron chi connectivity index (χ4n) is 0.689. The number of rotatable bonds is 1. The molecule has 0 N–H and O–H groups in total. The number of hydrogen-bond acceptors (Lipinski definition) is 6. The van der Waals surface area contributed by atoms with Crippen molar-refractivity contribution in [3.05, 3.63) is 18.7 Å². The van der Waals surface area contributed by atoms with Crippen molar-refractivity contribution >= 4 is 22.2 Å². The molecule has 11 heteroatoms. The van der Waals surface area contributed by atoms with Crippen molar-refractivity contribution < 1.29 is 48.7 Å². The summed E-state index contributed by atoms with van der Waals surface area (Å²) in [5.74, 6) is 0. The maximum atomic E-state index is 9.92. The first-order valence-electron chi connectivity index (χ1n) is 3.81. The van der Waals surface area contributed by atoms with E-state index in [1.165, 1.54) is 0 Å². The largest absolute Gasteiger partial charge is 3.00 e. The Kier molecular flexibility index (Phi) is 17.5. The van der Waals surface area contributed by atoms with Crippen LogP contribution in [0, 0.1) is 0 Å². The van der Waals surface area contributed by atoms with Gasteiger partial charge < -0.3 is 24.6 Å². The summed E-state index contributed by atoms with van der Waals surface area (Å²) in [5, 5.41) is 0. The molecule has 1 aromatic rings. The van der Waals surface area contributed by atoms with Crippen molar-refractivity contribution in [2.45, 2.75) is 13.5 Å². The molecule has 0 spiro atoms. The fourth-order valence-corrected chi connectivity index (χ4v) is 0.689. The second-order valence-electron chi connectivity index (χ2n) is 2.30. The summed E-state index contributed by atoms with van der Waals surface area (Å²) in [4.78, 5) is 0. The van der Waals surface area contributed by atoms with Crippen LogP contribution in [0.3, 0.4) is 0 Å². The third kappa shape index (κ3) is 25.7. The monoisotopic (exact) mass is 379 g/mol. The van der Waals surface area contributed by atoms with E-state index in [2.05, 4.69) is 24.0 Å². The maximum absolute atomic E-state index is 9.92. The van der Waals surface area contributed by atoms with Crippen LogP contribution in [0.15, 0.2) is 18.7 Å². The van der Waals surface area contributed by atoms with Crippen molar-refractivity contribution in [1.82, 2.24) is 4.57 Å². The SMILES string of the molecule is CCn1cc[n+](C)c1.O=[S-](=O)F.O=[S-](=O)F.[Ru+3]. The van der Waals surface area contributed by atoms with Gasteiger partial charge in [0.2, 0.25) is 6.33 Å². The first kappa shape index (κ1) is 21.8. The smallest absolute Gasteiger partial charge is 0.392 e. The summed E-state index contributed by atoms with van der Waals surface area (Å²) in [7, 11) is 2.02. The normalized spacial score (nSPS) is 8.59. The third-order valence-electron chi connectivity index (χ3n) is 1.19. The van der Waals surface area contributed by atoms with Crippen LogP contribution < -0.4 is 4.57 Å². The minimum absolute atomic E-state index is 0. The predicted molar refractivity (Wildman–Crippen MR) is 51.0 cm³/mol. The van der Waals surface area contributed by atoms with Crippen molar-refractivity contribution in [1.29, 1.82) is 0 Å². The van der Waals surface area contributed by atoms with Crippen molar-refractivity contribution in [2.24, 2.45) is 7.05 Å². The van der Waals surface area contributed by atoms with Gasteiger partial charge in [-0.05, 0) is 6.92 Å². The summed E-state index contributed by atoms with van der Waals surface area (Å²) in [5.41, 5.74) is 0. The van der Waals surface area contributed by atoms with Crippen LogP contribution in [0.1, 0.15) is 6.92 Å². The average molecular weight is 378 g/mol. The van der Waals surface area contributed by atoms with Crippen molar-refractivity contribution in [2.75, 3.05) is 0 Å². The van der Waals surface area contributed by atoms with Crippen LogP contribution in [0.2, 0.25) is 0 Å². The number of aromatic nitrogens is 2. The van der Waals surface area contributed by atoms with Gasteiger partial charge in [0.05, 0.1) is 35.8 Å². The first-order valence-corrected chi connectivity index (χ1v) is 5.76. The molecule has 1 aromatic heterocycles. The zero-order valence-electron chi connectivity index (χ0n) is 8.89. The average Bonchev–Trinajstić information content (AvgIpc) is 2.49. The number of nitrogens with zero attached hydrogens (tertiary/aromatic N) is 2. The molecule has 0 aromatic carbocycles. The second-order valence-corrected chi connectivity index (χ2v) is 3.07. The second kappa shape index (κ2) is 13.7. The minimum Gasteiger partial charge on any atom is -0.392 e. The molecule has 1 radical (unpaired) electrons. The first-order chi connectivity index (χ1) is 7.29. The Labute approximate surface area is 115 Å². The van der Waals surface area contributed by atoms with Crippen LogP contribution in [-0.2, 0) is 72.1 Å². The summed E-state index contributed by atoms with van der Waals surface area (Å²) in [6.07, 6.45) is 6.14. The van der Waals surface area contributed by atoms with E-state index in [4.69, 9.17) is 16.8 Å². The zero-order chi connectivity index (χ0) is 13.1. The standard InChI is InChI=1S/C6H11N2.2FO2S.Ru/c1-3-8-5-4-7(2)6-8;2*1-4(2)3;/h4-6H,3H2,1-2H3;;;/q+1;2*-1;+3. The van der Waals surface area contributed by atoms with E-state index < -0.39 is 22.2 Å². The zero-order valence-corrected chi connectivity index (χ0v) is 12.3. The Morgan fingerprint density at radius 1 is 1.18 bits per heavy atom. The van der Waals surface area contributed by atoms with Gasteiger partial charge in [-0.25, -0.2) is 9.13 Å². The molecule has 0 aliphatic carbocycles. The third-order valence-corrected chi connectivity index (χ3v) is 1.19. The number of imidazole rings is 1. The molecule has 1 heterocycles. The van der Waals surface area contributed by atoms with E-state index >= 15 is 0 Å². The van der Waals surface area contributed by atoms with Gasteiger partial charge in [-0.1, -0.05) is 0 Å². The Balaban J connectivity index is -0.000000189. The van der Waals surface area contributed by atoms with Crippen LogP contribution in [0.25, 0.3) is 0 Å². The summed E-state index contributed by atoms with van der Waals surface area (Å²) in [6, 6.07) is 0. The molecule has 0 atom stereocenters. The molecular weight excluding hydrogens is 367 g/mol. The molecule has 6 nitrogen and oxygen atoms in total. The van der Waals surface area contributed by atoms with Crippen molar-refractivity contribution in [3.8, 4) is 0 Å². The molecule has 0 aliphatic rings. The van der Waals surface area contributed by atoms with E-state index in [1.54, 1.807) is 0 Å². The quantitative estimate of drug-likeness (QED) is 0.312. The molecular formula is C6H11F2N2O4RuS2+2. The van der Waals surface area contributed by atoms with Crippen LogP contribution in [0.5, 0.6) is 0 Å². The fraction of sp³-hybridized carbons (Fsp3) is 0.500. The number of aryl methyl sites for hydroxylation is 2. The van der Waals surface area contributed by atoms with E-state index in [0.717, 1.165) is 6.54 Å². The molecule has 0 saturated carbocycles. The summed E-state index contributed by atoms with van der Waals surface area (Å²) >= 11 is -6.72. The van der Waals surface area contributed by atoms with E-state index in [0.29, 0.717) is 0 Å². The minimum atomic E-state index is -3.36. The molecule has 101 valence electrons. The van der Waals surface area contributed by atoms with Gasteiger partial charge in [-0.3, -0.25) is 0 Å². The molecule has 0 fully saturated rings. The molecule has 0 amide bonds. The van der Waals surface area contributed by atoms with Crippen LogP contribution in [-0.4, -0.2) is 4.57 Å². The molecule has 0 bridgehead atoms. The molecule has 1 rings (SSSR count). The number of halogens is 2. The van der Waals surface area contributed by atoms with Gasteiger partial charge in [-0.15, -0.1) is 0 Å². The van der Waals surface area contributed by atoms with Gasteiger partial charge in [-0.2, -0.15) is 0 Å².